The van der Waals surface area contributed by atoms with Gasteiger partial charge >= 0.3 is 0 Å². The lowest BCUT2D eigenvalue weighted by Crippen LogP contribution is -2.45. The zero-order valence-corrected chi connectivity index (χ0v) is 18.3. The molecule has 2 aromatic rings. The summed E-state index contributed by atoms with van der Waals surface area (Å²) in [5, 5.41) is 0. The van der Waals surface area contributed by atoms with Crippen LogP contribution in [0.1, 0.15) is 34.8 Å². The minimum Gasteiger partial charge on any atom is -0.447 e. The molecular formula is C24H32N4O3. The molecule has 0 spiro atoms. The van der Waals surface area contributed by atoms with Gasteiger partial charge in [0.1, 0.15) is 6.26 Å². The van der Waals surface area contributed by atoms with Gasteiger partial charge in [0.2, 0.25) is 5.89 Å². The molecule has 4 rings (SSSR count). The number of ether oxygens (including phenoxy) is 1. The molecule has 31 heavy (non-hydrogen) atoms. The van der Waals surface area contributed by atoms with Crippen molar-refractivity contribution in [2.75, 3.05) is 52.9 Å². The predicted octanol–water partition coefficient (Wildman–Crippen LogP) is 2.76. The van der Waals surface area contributed by atoms with E-state index in [1.54, 1.807) is 7.11 Å². The number of carbonyl (C=O) groups excluding carboxylic acids is 1. The molecule has 1 aromatic carbocycles. The highest BCUT2D eigenvalue weighted by molar-refractivity contribution is 5.92. The number of nitrogens with zero attached hydrogens (tertiary/aromatic N) is 4. The number of hydrogen-bond donors (Lipinski definition) is 0. The van der Waals surface area contributed by atoms with Gasteiger partial charge in [-0.05, 0) is 18.4 Å². The number of benzene rings is 1. The van der Waals surface area contributed by atoms with Crippen LogP contribution in [-0.2, 0) is 11.3 Å². The van der Waals surface area contributed by atoms with Crippen LogP contribution in [0.5, 0.6) is 0 Å². The molecule has 1 atom stereocenters. The number of carbonyl (C=O) groups is 1. The third-order valence-corrected chi connectivity index (χ3v) is 6.07. The molecule has 0 unspecified atom stereocenters. The Morgan fingerprint density at radius 1 is 1.16 bits per heavy atom. The molecule has 0 radical (unpaired) electrons. The number of piperidine rings is 1. The largest absolute Gasteiger partial charge is 0.447 e. The SMILES string of the molecule is CO[C@@H]1CCCN(C(=O)c2coc(CN3CCN(C/C=C/c4ccccc4)CC3)n2)C1. The van der Waals surface area contributed by atoms with E-state index in [0.29, 0.717) is 24.7 Å². The molecule has 0 aliphatic carbocycles. The summed E-state index contributed by atoms with van der Waals surface area (Å²) in [6.07, 6.45) is 7.97. The van der Waals surface area contributed by atoms with Crippen molar-refractivity contribution in [3.8, 4) is 0 Å². The second-order valence-electron chi connectivity index (χ2n) is 8.27. The number of aromatic nitrogens is 1. The molecule has 0 N–H and O–H groups in total. The van der Waals surface area contributed by atoms with Crippen LogP contribution in [-0.4, -0.2) is 84.6 Å². The molecule has 7 heteroatoms. The zero-order valence-electron chi connectivity index (χ0n) is 18.3. The number of hydrogen-bond acceptors (Lipinski definition) is 6. The first kappa shape index (κ1) is 21.7. The Balaban J connectivity index is 1.22. The summed E-state index contributed by atoms with van der Waals surface area (Å²) in [5.74, 6) is 0.549. The van der Waals surface area contributed by atoms with E-state index in [2.05, 4.69) is 51.2 Å². The third kappa shape index (κ3) is 6.03. The lowest BCUT2D eigenvalue weighted by Gasteiger charge is -2.33. The van der Waals surface area contributed by atoms with Gasteiger partial charge in [-0.1, -0.05) is 42.5 Å². The van der Waals surface area contributed by atoms with Crippen LogP contribution >= 0.6 is 0 Å². The summed E-state index contributed by atoms with van der Waals surface area (Å²) < 4.78 is 11.0. The van der Waals surface area contributed by atoms with Crippen molar-refractivity contribution in [2.24, 2.45) is 0 Å². The Hall–Kier alpha value is -2.48. The Morgan fingerprint density at radius 2 is 1.94 bits per heavy atom. The van der Waals surface area contributed by atoms with E-state index in [9.17, 15) is 4.79 Å². The average molecular weight is 425 g/mol. The standard InChI is InChI=1S/C24H32N4O3/c1-30-21-10-6-12-28(17-21)24(29)22-19-31-23(25-22)18-27-15-13-26(14-16-27)11-5-9-20-7-3-2-4-8-20/h2-5,7-9,19,21H,6,10-18H2,1H3/b9-5+/t21-/m1/s1. The van der Waals surface area contributed by atoms with Crippen LogP contribution in [0, 0.1) is 0 Å². The molecule has 2 fully saturated rings. The quantitative estimate of drug-likeness (QED) is 0.681. The van der Waals surface area contributed by atoms with Crippen LogP contribution in [0.3, 0.4) is 0 Å². The first-order valence-corrected chi connectivity index (χ1v) is 11.1. The summed E-state index contributed by atoms with van der Waals surface area (Å²) in [6, 6.07) is 10.4. The zero-order chi connectivity index (χ0) is 21.5. The number of piperazine rings is 1. The number of rotatable bonds is 7. The van der Waals surface area contributed by atoms with E-state index in [-0.39, 0.29) is 12.0 Å². The predicted molar refractivity (Wildman–Crippen MR) is 120 cm³/mol. The molecule has 3 heterocycles. The summed E-state index contributed by atoms with van der Waals surface area (Å²) in [7, 11) is 1.70. The van der Waals surface area contributed by atoms with Gasteiger partial charge in [0.25, 0.3) is 5.91 Å². The van der Waals surface area contributed by atoms with Gasteiger partial charge in [0.15, 0.2) is 5.69 Å². The fourth-order valence-corrected chi connectivity index (χ4v) is 4.18. The molecular weight excluding hydrogens is 392 g/mol. The smallest absolute Gasteiger partial charge is 0.275 e. The molecule has 2 saturated heterocycles. The topological polar surface area (TPSA) is 62.1 Å². The summed E-state index contributed by atoms with van der Waals surface area (Å²) in [5.41, 5.74) is 1.63. The van der Waals surface area contributed by atoms with Gasteiger partial charge in [-0.15, -0.1) is 0 Å². The van der Waals surface area contributed by atoms with E-state index in [1.807, 2.05) is 11.0 Å². The van der Waals surface area contributed by atoms with Crippen LogP contribution < -0.4 is 0 Å². The number of oxazole rings is 1. The molecule has 0 saturated carbocycles. The van der Waals surface area contributed by atoms with Gasteiger partial charge in [0, 0.05) is 52.9 Å². The molecule has 1 amide bonds. The van der Waals surface area contributed by atoms with Crippen LogP contribution in [0.15, 0.2) is 47.1 Å². The normalized spacial score (nSPS) is 21.1. The molecule has 2 aliphatic rings. The van der Waals surface area contributed by atoms with E-state index in [0.717, 1.165) is 52.1 Å². The summed E-state index contributed by atoms with van der Waals surface area (Å²) >= 11 is 0. The maximum atomic E-state index is 12.7. The van der Waals surface area contributed by atoms with E-state index < -0.39 is 0 Å². The summed E-state index contributed by atoms with van der Waals surface area (Å²) in [6.45, 7) is 6.93. The van der Waals surface area contributed by atoms with Crippen molar-refractivity contribution in [1.29, 1.82) is 0 Å². The first-order valence-electron chi connectivity index (χ1n) is 11.1. The minimum absolute atomic E-state index is 0.0632. The van der Waals surface area contributed by atoms with Crippen molar-refractivity contribution < 1.29 is 13.9 Å². The highest BCUT2D eigenvalue weighted by Gasteiger charge is 2.26. The first-order chi connectivity index (χ1) is 15.2. The summed E-state index contributed by atoms with van der Waals surface area (Å²) in [4.78, 5) is 23.8. The van der Waals surface area contributed by atoms with Gasteiger partial charge < -0.3 is 14.1 Å². The average Bonchev–Trinajstić information content (AvgIpc) is 3.29. The molecule has 1 aromatic heterocycles. The Kier molecular flexibility index (Phi) is 7.51. The second-order valence-corrected chi connectivity index (χ2v) is 8.27. The Bertz CT molecular complexity index is 859. The highest BCUT2D eigenvalue weighted by atomic mass is 16.5. The van der Waals surface area contributed by atoms with E-state index in [1.165, 1.54) is 11.8 Å². The van der Waals surface area contributed by atoms with Crippen molar-refractivity contribution in [3.63, 3.8) is 0 Å². The number of methoxy groups -OCH3 is 1. The van der Waals surface area contributed by atoms with Crippen LogP contribution in [0.4, 0.5) is 0 Å². The van der Waals surface area contributed by atoms with E-state index >= 15 is 0 Å². The second kappa shape index (κ2) is 10.7. The van der Waals surface area contributed by atoms with Crippen molar-refractivity contribution in [1.82, 2.24) is 19.7 Å². The van der Waals surface area contributed by atoms with Crippen LogP contribution in [0.2, 0.25) is 0 Å². The van der Waals surface area contributed by atoms with Crippen LogP contribution in [0.25, 0.3) is 6.08 Å². The Morgan fingerprint density at radius 3 is 2.71 bits per heavy atom. The van der Waals surface area contributed by atoms with E-state index in [4.69, 9.17) is 9.15 Å². The number of likely N-dealkylation sites (tertiary alicyclic amines) is 1. The Labute approximate surface area is 184 Å². The van der Waals surface area contributed by atoms with Crippen molar-refractivity contribution >= 4 is 12.0 Å². The molecule has 0 bridgehead atoms. The lowest BCUT2D eigenvalue weighted by molar-refractivity contribution is 0.0265. The van der Waals surface area contributed by atoms with Gasteiger partial charge in [0.05, 0.1) is 12.6 Å². The lowest BCUT2D eigenvalue weighted by atomic mass is 10.1. The fraction of sp³-hybridized carbons (Fsp3) is 0.500. The number of amides is 1. The molecule has 166 valence electrons. The maximum Gasteiger partial charge on any atom is 0.275 e. The molecule has 7 nitrogen and oxygen atoms in total. The van der Waals surface area contributed by atoms with Gasteiger partial charge in [-0.25, -0.2) is 4.98 Å². The van der Waals surface area contributed by atoms with Gasteiger partial charge in [-0.3, -0.25) is 14.6 Å². The highest BCUT2D eigenvalue weighted by Crippen LogP contribution is 2.16. The molecule has 2 aliphatic heterocycles. The third-order valence-electron chi connectivity index (χ3n) is 6.07. The van der Waals surface area contributed by atoms with Crippen molar-refractivity contribution in [2.45, 2.75) is 25.5 Å². The minimum atomic E-state index is -0.0632. The maximum absolute atomic E-state index is 12.7. The fourth-order valence-electron chi connectivity index (χ4n) is 4.18. The van der Waals surface area contributed by atoms with Gasteiger partial charge in [-0.2, -0.15) is 0 Å². The monoisotopic (exact) mass is 424 g/mol. The van der Waals surface area contributed by atoms with Crippen molar-refractivity contribution in [3.05, 3.63) is 59.8 Å².